The summed E-state index contributed by atoms with van der Waals surface area (Å²) in [6.07, 6.45) is -1.60. The number of aromatic nitrogens is 3. The lowest BCUT2D eigenvalue weighted by molar-refractivity contribution is -0.192. The van der Waals surface area contributed by atoms with Gasteiger partial charge in [0.05, 0.1) is 10.7 Å². The molecule has 1 aromatic carbocycles. The molecule has 0 unspecified atom stereocenters. The quantitative estimate of drug-likeness (QED) is 0.600. The third kappa shape index (κ3) is 4.67. The van der Waals surface area contributed by atoms with Crippen LogP contribution in [0.2, 0.25) is 5.02 Å². The SMILES string of the molecule is O=C(NC1CC1)c1nc2cccnc2n1-c1cccc(Cl)c1F.O=C(O)C(F)(F)F. The second-order valence-electron chi connectivity index (χ2n) is 6.24. The van der Waals surface area contributed by atoms with E-state index in [1.54, 1.807) is 30.5 Å². The Bertz CT molecular complexity index is 1110. The van der Waals surface area contributed by atoms with Crippen LogP contribution in [0.15, 0.2) is 36.5 Å². The Morgan fingerprint density at radius 3 is 2.47 bits per heavy atom. The smallest absolute Gasteiger partial charge is 0.475 e. The van der Waals surface area contributed by atoms with Crippen molar-refractivity contribution in [3.8, 4) is 5.69 Å². The molecule has 0 atom stereocenters. The van der Waals surface area contributed by atoms with Crippen molar-refractivity contribution in [1.82, 2.24) is 19.9 Å². The molecule has 1 aliphatic rings. The predicted octanol–water partition coefficient (Wildman–Crippen LogP) is 3.74. The van der Waals surface area contributed by atoms with Crippen molar-refractivity contribution in [3.63, 3.8) is 0 Å². The molecule has 1 amide bonds. The lowest BCUT2D eigenvalue weighted by Crippen LogP contribution is -2.28. The number of nitrogens with one attached hydrogen (secondary N) is 1. The van der Waals surface area contributed by atoms with E-state index in [0.717, 1.165) is 12.8 Å². The van der Waals surface area contributed by atoms with Crippen molar-refractivity contribution < 1.29 is 32.3 Å². The fraction of sp³-hybridized carbons (Fsp3) is 0.222. The van der Waals surface area contributed by atoms with Gasteiger partial charge in [-0.1, -0.05) is 17.7 Å². The molecule has 4 rings (SSSR count). The Morgan fingerprint density at radius 1 is 1.20 bits per heavy atom. The van der Waals surface area contributed by atoms with Gasteiger partial charge in [-0.25, -0.2) is 19.2 Å². The molecule has 0 bridgehead atoms. The first kappa shape index (κ1) is 21.5. The van der Waals surface area contributed by atoms with Gasteiger partial charge in [-0.15, -0.1) is 0 Å². The highest BCUT2D eigenvalue weighted by Crippen LogP contribution is 2.27. The number of carboxylic acids is 1. The van der Waals surface area contributed by atoms with Crippen molar-refractivity contribution in [1.29, 1.82) is 0 Å². The van der Waals surface area contributed by atoms with Gasteiger partial charge in [0, 0.05) is 12.2 Å². The van der Waals surface area contributed by atoms with Crippen molar-refractivity contribution >= 4 is 34.6 Å². The number of fused-ring (bicyclic) bond motifs is 1. The first-order valence-electron chi connectivity index (χ1n) is 8.48. The average molecular weight is 445 g/mol. The van der Waals surface area contributed by atoms with Gasteiger partial charge in [-0.3, -0.25) is 9.36 Å². The molecule has 0 spiro atoms. The number of hydrogen-bond donors (Lipinski definition) is 2. The summed E-state index contributed by atoms with van der Waals surface area (Å²) in [5.74, 6) is -3.61. The molecule has 0 radical (unpaired) electrons. The third-order valence-electron chi connectivity index (χ3n) is 3.95. The van der Waals surface area contributed by atoms with Gasteiger partial charge in [-0.05, 0) is 37.1 Å². The topological polar surface area (TPSA) is 97.1 Å². The monoisotopic (exact) mass is 444 g/mol. The molecule has 30 heavy (non-hydrogen) atoms. The minimum Gasteiger partial charge on any atom is -0.475 e. The number of nitrogens with zero attached hydrogens (tertiary/aromatic N) is 3. The highest BCUT2D eigenvalue weighted by molar-refractivity contribution is 6.30. The van der Waals surface area contributed by atoms with E-state index in [-0.39, 0.29) is 28.5 Å². The summed E-state index contributed by atoms with van der Waals surface area (Å²) in [5.41, 5.74) is 1.09. The van der Waals surface area contributed by atoms with E-state index in [4.69, 9.17) is 21.5 Å². The van der Waals surface area contributed by atoms with Gasteiger partial charge in [0.25, 0.3) is 5.91 Å². The maximum Gasteiger partial charge on any atom is 0.490 e. The lowest BCUT2D eigenvalue weighted by atomic mass is 10.3. The summed E-state index contributed by atoms with van der Waals surface area (Å²) in [6, 6.07) is 8.25. The number of carbonyl (C=O) groups excluding carboxylic acids is 1. The van der Waals surface area contributed by atoms with Crippen molar-refractivity contribution in [2.75, 3.05) is 0 Å². The molecular weight excluding hydrogens is 432 g/mol. The molecule has 1 aliphatic carbocycles. The second-order valence-corrected chi connectivity index (χ2v) is 6.65. The molecule has 158 valence electrons. The van der Waals surface area contributed by atoms with Crippen LogP contribution in [0.25, 0.3) is 16.9 Å². The number of carboxylic acid groups (broad SMARTS) is 1. The summed E-state index contributed by atoms with van der Waals surface area (Å²) >= 11 is 5.88. The zero-order chi connectivity index (χ0) is 22.1. The Balaban J connectivity index is 0.000000318. The van der Waals surface area contributed by atoms with E-state index < -0.39 is 18.0 Å². The van der Waals surface area contributed by atoms with Crippen LogP contribution in [0.3, 0.4) is 0 Å². The second kappa shape index (κ2) is 8.27. The number of rotatable bonds is 3. The first-order chi connectivity index (χ1) is 14.1. The van der Waals surface area contributed by atoms with Crippen LogP contribution in [0, 0.1) is 5.82 Å². The Morgan fingerprint density at radius 2 is 1.87 bits per heavy atom. The van der Waals surface area contributed by atoms with Crippen LogP contribution in [0.1, 0.15) is 23.5 Å². The molecule has 2 N–H and O–H groups in total. The van der Waals surface area contributed by atoms with E-state index >= 15 is 0 Å². The number of aliphatic carboxylic acids is 1. The molecular formula is C18H13ClF4N4O3. The van der Waals surface area contributed by atoms with Crippen LogP contribution in [0.4, 0.5) is 17.6 Å². The summed E-state index contributed by atoms with van der Waals surface area (Å²) in [4.78, 5) is 29.9. The van der Waals surface area contributed by atoms with E-state index in [9.17, 15) is 22.4 Å². The normalized spacial score (nSPS) is 13.5. The molecule has 1 fully saturated rings. The number of benzene rings is 1. The van der Waals surface area contributed by atoms with Crippen LogP contribution < -0.4 is 5.32 Å². The number of alkyl halides is 3. The molecule has 0 aliphatic heterocycles. The fourth-order valence-electron chi connectivity index (χ4n) is 2.44. The van der Waals surface area contributed by atoms with Crippen molar-refractivity contribution in [2.45, 2.75) is 25.1 Å². The number of carbonyl (C=O) groups is 2. The average Bonchev–Trinajstić information content (AvgIpc) is 3.41. The first-order valence-corrected chi connectivity index (χ1v) is 8.86. The number of imidazole rings is 1. The number of amides is 1. The molecule has 2 aromatic heterocycles. The number of pyridine rings is 1. The number of hydrogen-bond acceptors (Lipinski definition) is 4. The maximum atomic E-state index is 14.5. The molecule has 1 saturated carbocycles. The fourth-order valence-corrected chi connectivity index (χ4v) is 2.61. The summed E-state index contributed by atoms with van der Waals surface area (Å²) in [5, 5.41) is 9.98. The molecule has 3 aromatic rings. The van der Waals surface area contributed by atoms with Gasteiger partial charge in [0.2, 0.25) is 5.82 Å². The molecule has 12 heteroatoms. The predicted molar refractivity (Wildman–Crippen MR) is 98.0 cm³/mol. The third-order valence-corrected chi connectivity index (χ3v) is 4.24. The van der Waals surface area contributed by atoms with E-state index in [1.807, 2.05) is 0 Å². The van der Waals surface area contributed by atoms with Crippen LogP contribution in [-0.4, -0.2) is 43.7 Å². The Labute approximate surface area is 171 Å². The van der Waals surface area contributed by atoms with Gasteiger partial charge in [-0.2, -0.15) is 13.2 Å². The Kier molecular flexibility index (Phi) is 5.92. The maximum absolute atomic E-state index is 14.5. The lowest BCUT2D eigenvalue weighted by Gasteiger charge is -2.10. The zero-order valence-corrected chi connectivity index (χ0v) is 15.7. The minimum atomic E-state index is -5.08. The van der Waals surface area contributed by atoms with Crippen molar-refractivity contribution in [3.05, 3.63) is 53.2 Å². The van der Waals surface area contributed by atoms with E-state index in [0.29, 0.717) is 11.2 Å². The standard InChI is InChI=1S/C16H12ClFN4O.C2HF3O2/c17-10-3-1-5-12(13(10)18)22-14-11(4-2-8-19-14)21-15(22)16(23)20-9-6-7-9;3-2(4,5)1(6)7/h1-5,8-9H,6-7H2,(H,20,23);(H,6,7). The minimum absolute atomic E-state index is 0.0196. The van der Waals surface area contributed by atoms with Gasteiger partial charge >= 0.3 is 12.1 Å². The highest BCUT2D eigenvalue weighted by Gasteiger charge is 2.38. The largest absolute Gasteiger partial charge is 0.490 e. The zero-order valence-electron chi connectivity index (χ0n) is 15.0. The van der Waals surface area contributed by atoms with Crippen LogP contribution in [0.5, 0.6) is 0 Å². The van der Waals surface area contributed by atoms with Gasteiger partial charge in [0.15, 0.2) is 11.5 Å². The number of halogens is 5. The summed E-state index contributed by atoms with van der Waals surface area (Å²) < 4.78 is 47.6. The summed E-state index contributed by atoms with van der Waals surface area (Å²) in [7, 11) is 0. The van der Waals surface area contributed by atoms with Crippen molar-refractivity contribution in [2.24, 2.45) is 0 Å². The van der Waals surface area contributed by atoms with Gasteiger partial charge in [0.1, 0.15) is 5.52 Å². The Hall–Kier alpha value is -3.21. The van der Waals surface area contributed by atoms with Gasteiger partial charge < -0.3 is 10.4 Å². The summed E-state index contributed by atoms with van der Waals surface area (Å²) in [6.45, 7) is 0. The molecule has 2 heterocycles. The van der Waals surface area contributed by atoms with E-state index in [2.05, 4.69) is 15.3 Å². The van der Waals surface area contributed by atoms with Crippen LogP contribution in [-0.2, 0) is 4.79 Å². The van der Waals surface area contributed by atoms with Crippen LogP contribution >= 0.6 is 11.6 Å². The highest BCUT2D eigenvalue weighted by atomic mass is 35.5. The molecule has 0 saturated heterocycles. The molecule has 7 nitrogen and oxygen atoms in total. The van der Waals surface area contributed by atoms with E-state index in [1.165, 1.54) is 10.6 Å².